The molecule has 3 rings (SSSR count). The molecule has 1 N–H and O–H groups in total. The molecule has 1 aliphatic heterocycles. The van der Waals surface area contributed by atoms with Crippen molar-refractivity contribution in [1.29, 1.82) is 0 Å². The van der Waals surface area contributed by atoms with Gasteiger partial charge in [-0.1, -0.05) is 86.6 Å². The van der Waals surface area contributed by atoms with Crippen molar-refractivity contribution in [3.63, 3.8) is 0 Å². The number of anilines is 1. The number of fused-ring (bicyclic) bond motifs is 1. The Labute approximate surface area is 171 Å². The van der Waals surface area contributed by atoms with Crippen LogP contribution in [0.25, 0.3) is 0 Å². The Balaban J connectivity index is 2.11. The Morgan fingerprint density at radius 2 is 1.32 bits per heavy atom. The summed E-state index contributed by atoms with van der Waals surface area (Å²) in [6, 6.07) is 12.6. The molecule has 0 saturated heterocycles. The van der Waals surface area contributed by atoms with Crippen LogP contribution in [0.3, 0.4) is 0 Å². The number of hydrogen-bond acceptors (Lipinski definition) is 3. The zero-order valence-corrected chi connectivity index (χ0v) is 19.6. The van der Waals surface area contributed by atoms with Crippen LogP contribution in [0.2, 0.25) is 0 Å². The Bertz CT molecular complexity index is 809. The summed E-state index contributed by atoms with van der Waals surface area (Å²) >= 11 is 0. The minimum absolute atomic E-state index is 0.0432. The summed E-state index contributed by atoms with van der Waals surface area (Å²) in [6.07, 6.45) is 0. The van der Waals surface area contributed by atoms with Crippen molar-refractivity contribution >= 4 is 14.2 Å². The van der Waals surface area contributed by atoms with Crippen LogP contribution in [-0.4, -0.2) is 0 Å². The molecule has 0 bridgehead atoms. The van der Waals surface area contributed by atoms with Crippen molar-refractivity contribution in [2.75, 3.05) is 5.09 Å². The van der Waals surface area contributed by atoms with Crippen LogP contribution < -0.4 is 14.1 Å². The van der Waals surface area contributed by atoms with Crippen molar-refractivity contribution < 1.29 is 9.05 Å². The third kappa shape index (κ3) is 4.30. The summed E-state index contributed by atoms with van der Waals surface area (Å²) < 4.78 is 12.6. The fraction of sp³-hybridized carbons (Fsp3) is 0.500. The zero-order valence-electron chi connectivity index (χ0n) is 18.7. The lowest BCUT2D eigenvalue weighted by Gasteiger charge is -2.33. The highest BCUT2D eigenvalue weighted by Gasteiger charge is 2.34. The van der Waals surface area contributed by atoms with E-state index >= 15 is 0 Å². The first kappa shape index (κ1) is 21.0. The predicted molar refractivity (Wildman–Crippen MR) is 121 cm³/mol. The number of hydrogen-bond donors (Lipinski definition) is 1. The van der Waals surface area contributed by atoms with Crippen LogP contribution in [0, 0.1) is 0 Å². The molecule has 0 spiro atoms. The Hall–Kier alpha value is -1.73. The van der Waals surface area contributed by atoms with Crippen LogP contribution in [0.4, 0.5) is 5.69 Å². The Morgan fingerprint density at radius 3 is 1.79 bits per heavy atom. The smallest absolute Gasteiger partial charge is 0.414 e. The molecule has 4 heteroatoms. The van der Waals surface area contributed by atoms with Crippen molar-refractivity contribution in [2.45, 2.75) is 78.6 Å². The van der Waals surface area contributed by atoms with Gasteiger partial charge < -0.3 is 9.05 Å². The van der Waals surface area contributed by atoms with E-state index in [2.05, 4.69) is 79.5 Å². The minimum atomic E-state index is -1.26. The summed E-state index contributed by atoms with van der Waals surface area (Å²) in [5.41, 5.74) is 4.78. The molecular weight excluding hydrogens is 365 g/mol. The van der Waals surface area contributed by atoms with Gasteiger partial charge in [-0.3, -0.25) is 5.09 Å². The second kappa shape index (κ2) is 6.95. The highest BCUT2D eigenvalue weighted by Crippen LogP contribution is 2.53. The summed E-state index contributed by atoms with van der Waals surface area (Å²) in [5.74, 6) is 1.81. The predicted octanol–water partition coefficient (Wildman–Crippen LogP) is 7.69. The molecule has 1 unspecified atom stereocenters. The highest BCUT2D eigenvalue weighted by atomic mass is 31.2. The quantitative estimate of drug-likeness (QED) is 0.525. The third-order valence-corrected chi connectivity index (χ3v) is 6.16. The lowest BCUT2D eigenvalue weighted by molar-refractivity contribution is 0.461. The Morgan fingerprint density at radius 1 is 0.786 bits per heavy atom. The average molecular weight is 400 g/mol. The first-order valence-electron chi connectivity index (χ1n) is 9.98. The minimum Gasteiger partial charge on any atom is -0.422 e. The maximum atomic E-state index is 6.57. The molecule has 152 valence electrons. The Kier molecular flexibility index (Phi) is 5.21. The van der Waals surface area contributed by atoms with Gasteiger partial charge >= 0.3 is 8.53 Å². The van der Waals surface area contributed by atoms with E-state index in [1.165, 1.54) is 16.7 Å². The second-order valence-corrected chi connectivity index (χ2v) is 11.8. The SMILES string of the molecule is CC(C)(C)c1cc(C(C)(C)C)c(OP2Nc3ccccc3O2)c(C(C)(C)C)c1. The van der Waals surface area contributed by atoms with Gasteiger partial charge in [-0.05, 0) is 33.9 Å². The normalized spacial score (nSPS) is 17.0. The lowest BCUT2D eigenvalue weighted by Crippen LogP contribution is -2.22. The van der Waals surface area contributed by atoms with Crippen molar-refractivity contribution in [3.8, 4) is 11.5 Å². The highest BCUT2D eigenvalue weighted by molar-refractivity contribution is 7.50. The topological polar surface area (TPSA) is 30.5 Å². The van der Waals surface area contributed by atoms with Gasteiger partial charge in [0, 0.05) is 11.1 Å². The van der Waals surface area contributed by atoms with E-state index in [4.69, 9.17) is 9.05 Å². The summed E-state index contributed by atoms with van der Waals surface area (Å²) in [4.78, 5) is 0. The lowest BCUT2D eigenvalue weighted by atomic mass is 9.75. The molecule has 0 saturated carbocycles. The molecule has 2 aromatic rings. The van der Waals surface area contributed by atoms with Gasteiger partial charge in [-0.2, -0.15) is 0 Å². The van der Waals surface area contributed by atoms with E-state index in [0.717, 1.165) is 17.2 Å². The average Bonchev–Trinajstić information content (AvgIpc) is 2.94. The second-order valence-electron chi connectivity index (χ2n) is 10.7. The number of rotatable bonds is 2. The summed E-state index contributed by atoms with van der Waals surface area (Å²) in [6.45, 7) is 20.3. The third-order valence-electron chi connectivity index (χ3n) is 5.03. The fourth-order valence-corrected chi connectivity index (χ4v) is 4.46. The van der Waals surface area contributed by atoms with Gasteiger partial charge in [0.15, 0.2) is 5.75 Å². The largest absolute Gasteiger partial charge is 0.422 e. The van der Waals surface area contributed by atoms with Crippen LogP contribution in [0.5, 0.6) is 11.5 Å². The van der Waals surface area contributed by atoms with Crippen molar-refractivity contribution in [1.82, 2.24) is 0 Å². The molecule has 0 fully saturated rings. The molecule has 28 heavy (non-hydrogen) atoms. The van der Waals surface area contributed by atoms with Crippen molar-refractivity contribution in [2.24, 2.45) is 0 Å². The first-order valence-corrected chi connectivity index (χ1v) is 11.2. The molecule has 1 heterocycles. The van der Waals surface area contributed by atoms with Gasteiger partial charge in [0.05, 0.1) is 5.69 Å². The van der Waals surface area contributed by atoms with E-state index in [9.17, 15) is 0 Å². The molecule has 3 nitrogen and oxygen atoms in total. The van der Waals surface area contributed by atoms with Crippen LogP contribution >= 0.6 is 8.53 Å². The maximum Gasteiger partial charge on any atom is 0.414 e. The van der Waals surface area contributed by atoms with Crippen LogP contribution in [-0.2, 0) is 16.2 Å². The van der Waals surface area contributed by atoms with Gasteiger partial charge in [0.25, 0.3) is 0 Å². The van der Waals surface area contributed by atoms with E-state index in [1.807, 2.05) is 24.3 Å². The van der Waals surface area contributed by atoms with E-state index in [0.29, 0.717) is 0 Å². The van der Waals surface area contributed by atoms with E-state index < -0.39 is 8.53 Å². The van der Waals surface area contributed by atoms with Crippen molar-refractivity contribution in [3.05, 3.63) is 53.1 Å². The first-order chi connectivity index (χ1) is 12.8. The molecular formula is C24H34NO2P. The number of benzene rings is 2. The monoisotopic (exact) mass is 399 g/mol. The summed E-state index contributed by atoms with van der Waals surface area (Å²) in [5, 5.41) is 3.41. The molecule has 1 atom stereocenters. The van der Waals surface area contributed by atoms with E-state index in [1.54, 1.807) is 0 Å². The molecule has 0 radical (unpaired) electrons. The summed E-state index contributed by atoms with van der Waals surface area (Å²) in [7, 11) is -1.26. The number of nitrogens with one attached hydrogen (secondary N) is 1. The van der Waals surface area contributed by atoms with Crippen LogP contribution in [0.15, 0.2) is 36.4 Å². The van der Waals surface area contributed by atoms with Gasteiger partial charge in [0.1, 0.15) is 5.75 Å². The van der Waals surface area contributed by atoms with Gasteiger partial charge in [0.2, 0.25) is 0 Å². The molecule has 0 aromatic heterocycles. The molecule has 0 amide bonds. The van der Waals surface area contributed by atoms with E-state index in [-0.39, 0.29) is 16.2 Å². The van der Waals surface area contributed by atoms with Crippen LogP contribution in [0.1, 0.15) is 79.0 Å². The maximum absolute atomic E-state index is 6.57. The van der Waals surface area contributed by atoms with Gasteiger partial charge in [-0.15, -0.1) is 0 Å². The van der Waals surface area contributed by atoms with Gasteiger partial charge in [-0.25, -0.2) is 0 Å². The molecule has 2 aromatic carbocycles. The molecule has 0 aliphatic carbocycles. The zero-order chi connectivity index (χ0) is 20.9. The molecule has 1 aliphatic rings. The standard InChI is InChI=1S/C24H34NO2P/c1-22(2,3)16-14-17(23(4,5)6)21(18(15-16)24(7,8)9)27-28-25-19-12-10-11-13-20(19)26-28/h10-15,25H,1-9H3. The fourth-order valence-electron chi connectivity index (χ4n) is 3.25. The number of para-hydroxylation sites is 2.